The summed E-state index contributed by atoms with van der Waals surface area (Å²) in [5.41, 5.74) is -1.63. The maximum absolute atomic E-state index is 15.0. The molecule has 7 fully saturated rings. The second-order valence-corrected chi connectivity index (χ2v) is 21.7. The summed E-state index contributed by atoms with van der Waals surface area (Å²) < 4.78 is 27.6. The number of urea groups is 1. The minimum absolute atomic E-state index is 0.0202. The normalized spacial score (nSPS) is 29.9. The Morgan fingerprint density at radius 1 is 0.759 bits per heavy atom. The smallest absolute Gasteiger partial charge is 0.315 e. The average molecular weight is 772 g/mol. The van der Waals surface area contributed by atoms with E-state index in [1.54, 1.807) is 4.90 Å². The highest BCUT2D eigenvalue weighted by atomic mass is 32.2. The number of carbonyl (C=O) groups excluding carboxylic acids is 5. The van der Waals surface area contributed by atoms with Crippen molar-refractivity contribution in [1.82, 2.24) is 26.2 Å². The van der Waals surface area contributed by atoms with Gasteiger partial charge in [-0.1, -0.05) is 91.4 Å². The van der Waals surface area contributed by atoms with E-state index >= 15 is 4.79 Å². The molecule has 0 aromatic heterocycles. The number of ketones is 1. The third-order valence-corrected chi connectivity index (χ3v) is 17.2. The van der Waals surface area contributed by atoms with Crippen molar-refractivity contribution in [3.05, 3.63) is 0 Å². The van der Waals surface area contributed by atoms with E-state index in [4.69, 9.17) is 0 Å². The lowest BCUT2D eigenvalue weighted by molar-refractivity contribution is -0.146. The predicted molar refractivity (Wildman–Crippen MR) is 205 cm³/mol. The Morgan fingerprint density at radius 3 is 1.98 bits per heavy atom. The summed E-state index contributed by atoms with van der Waals surface area (Å²) >= 11 is 0. The van der Waals surface area contributed by atoms with Gasteiger partial charge in [-0.2, -0.15) is 0 Å². The van der Waals surface area contributed by atoms with E-state index in [1.807, 2.05) is 0 Å². The molecule has 1 unspecified atom stereocenters. The van der Waals surface area contributed by atoms with Crippen molar-refractivity contribution in [3.63, 3.8) is 0 Å². The van der Waals surface area contributed by atoms with Gasteiger partial charge < -0.3 is 26.2 Å². The molecule has 0 bridgehead atoms. The molecule has 5 atom stereocenters. The average Bonchev–Trinajstić information content (AvgIpc) is 4.10. The van der Waals surface area contributed by atoms with Crippen LogP contribution in [0.3, 0.4) is 0 Å². The largest absolute Gasteiger partial charge is 0.347 e. The van der Waals surface area contributed by atoms with Gasteiger partial charge in [0.1, 0.15) is 12.1 Å². The van der Waals surface area contributed by atoms with Crippen LogP contribution in [-0.4, -0.2) is 90.1 Å². The van der Waals surface area contributed by atoms with E-state index in [1.165, 1.54) is 0 Å². The van der Waals surface area contributed by atoms with Gasteiger partial charge in [0.2, 0.25) is 17.6 Å². The van der Waals surface area contributed by atoms with Crippen LogP contribution >= 0.6 is 0 Å². The number of amides is 5. The maximum Gasteiger partial charge on any atom is 0.315 e. The van der Waals surface area contributed by atoms with Gasteiger partial charge >= 0.3 is 6.03 Å². The number of nitrogens with zero attached hydrogens (tertiary/aromatic N) is 1. The maximum atomic E-state index is 15.0. The number of likely N-dealkylation sites (tertiary alicyclic amines) is 1. The van der Waals surface area contributed by atoms with Crippen molar-refractivity contribution in [2.24, 2.45) is 28.6 Å². The van der Waals surface area contributed by atoms with E-state index in [2.05, 4.69) is 42.0 Å². The van der Waals surface area contributed by atoms with E-state index < -0.39 is 62.5 Å². The van der Waals surface area contributed by atoms with Gasteiger partial charge in [0.25, 0.3) is 5.91 Å². The first-order valence-corrected chi connectivity index (χ1v) is 23.1. The van der Waals surface area contributed by atoms with E-state index in [9.17, 15) is 27.6 Å². The Labute approximate surface area is 322 Å². The number of sulfone groups is 1. The fraction of sp³-hybridized carbons (Fsp3) is 0.878. The molecule has 5 amide bonds. The Balaban J connectivity index is 1.11. The molecule has 6 saturated carbocycles. The molecule has 4 N–H and O–H groups in total. The van der Waals surface area contributed by atoms with Crippen molar-refractivity contribution in [3.8, 4) is 0 Å². The second kappa shape index (κ2) is 15.3. The first-order valence-electron chi connectivity index (χ1n) is 21.4. The summed E-state index contributed by atoms with van der Waals surface area (Å²) in [5, 5.41) is 11.6. The molecule has 7 aliphatic rings. The molecule has 0 radical (unpaired) electrons. The van der Waals surface area contributed by atoms with E-state index in [-0.39, 0.29) is 46.1 Å². The Hall–Kier alpha value is -2.70. The molecular weight excluding hydrogens is 707 g/mol. The van der Waals surface area contributed by atoms with Crippen LogP contribution in [0.4, 0.5) is 4.79 Å². The highest BCUT2D eigenvalue weighted by molar-refractivity contribution is 7.92. The van der Waals surface area contributed by atoms with E-state index in [0.717, 1.165) is 96.3 Å². The zero-order chi connectivity index (χ0) is 38.5. The third kappa shape index (κ3) is 8.50. The first kappa shape index (κ1) is 39.5. The molecule has 1 saturated heterocycles. The summed E-state index contributed by atoms with van der Waals surface area (Å²) in [4.78, 5) is 71.5. The molecule has 1 aliphatic heterocycles. The third-order valence-electron chi connectivity index (χ3n) is 14.7. The van der Waals surface area contributed by atoms with Crippen LogP contribution in [0, 0.1) is 28.6 Å². The summed E-state index contributed by atoms with van der Waals surface area (Å²) in [6.45, 7) is 6.64. The standard InChI is InChI=1S/C41H65N5O7S/c1-39(2)29-24-46(32(31(29)39)35(48)43-30(23-26-15-16-26)33(47)36(49)42-27-17-18-27)37(50)34(40(3)19-9-5-10-20-40)44-38(51)45-41(21-11-6-12-22-41)25-54(52,53)28-13-7-4-8-14-28/h26-32,34H,4-25H2,1-3H3,(H,42,49)(H,43,48)(H2,44,45,51)/t29-,30?,31-,32-,34+/m0/s1. The van der Waals surface area contributed by atoms with Crippen LogP contribution in [0.2, 0.25) is 0 Å². The zero-order valence-electron chi connectivity index (χ0n) is 32.9. The molecule has 54 heavy (non-hydrogen) atoms. The number of nitrogens with one attached hydrogen (secondary N) is 4. The Morgan fingerprint density at radius 2 is 1.37 bits per heavy atom. The second-order valence-electron chi connectivity index (χ2n) is 19.4. The number of hydrogen-bond donors (Lipinski definition) is 4. The SMILES string of the molecule is CC1([C@H](NC(=O)NC2(CS(=O)(=O)C3CCCCC3)CCCCC2)C(=O)N2C[C@H]3[C@@H]([C@H]2C(=O)NC(CC2CC2)C(=O)C(=O)NC2CC2)C3(C)C)CCCCC1. The number of Topliss-reactive ketones (excluding diaryl/α,β-unsaturated/α-hetero) is 1. The Bertz CT molecular complexity index is 1570. The summed E-state index contributed by atoms with van der Waals surface area (Å²) in [6.07, 6.45) is 16.4. The van der Waals surface area contributed by atoms with Crippen molar-refractivity contribution in [2.75, 3.05) is 12.3 Å². The molecule has 6 aliphatic carbocycles. The van der Waals surface area contributed by atoms with Gasteiger partial charge in [-0.25, -0.2) is 13.2 Å². The molecule has 12 nitrogen and oxygen atoms in total. The van der Waals surface area contributed by atoms with Gasteiger partial charge in [-0.3, -0.25) is 19.2 Å². The fourth-order valence-electron chi connectivity index (χ4n) is 10.8. The van der Waals surface area contributed by atoms with Gasteiger partial charge in [0, 0.05) is 12.6 Å². The van der Waals surface area contributed by atoms with Crippen molar-refractivity contribution < 1.29 is 32.4 Å². The topological polar surface area (TPSA) is 171 Å². The first-order chi connectivity index (χ1) is 25.6. The summed E-state index contributed by atoms with van der Waals surface area (Å²) in [5.74, 6) is -1.82. The van der Waals surface area contributed by atoms with Crippen molar-refractivity contribution >= 4 is 39.4 Å². The number of hydrogen-bond acceptors (Lipinski definition) is 7. The highest BCUT2D eigenvalue weighted by Crippen LogP contribution is 2.65. The van der Waals surface area contributed by atoms with Gasteiger partial charge in [-0.05, 0) is 86.4 Å². The minimum Gasteiger partial charge on any atom is -0.347 e. The lowest BCUT2D eigenvalue weighted by atomic mass is 9.70. The van der Waals surface area contributed by atoms with Crippen LogP contribution in [0.1, 0.15) is 149 Å². The number of rotatable bonds is 14. The fourth-order valence-corrected chi connectivity index (χ4v) is 13.3. The minimum atomic E-state index is -3.45. The van der Waals surface area contributed by atoms with Crippen molar-refractivity contribution in [2.45, 2.75) is 184 Å². The predicted octanol–water partition coefficient (Wildman–Crippen LogP) is 4.69. The summed E-state index contributed by atoms with van der Waals surface area (Å²) in [6, 6.07) is -3.20. The number of carbonyl (C=O) groups is 5. The van der Waals surface area contributed by atoms with Crippen molar-refractivity contribution in [1.29, 1.82) is 0 Å². The lowest BCUT2D eigenvalue weighted by Gasteiger charge is -2.44. The molecule has 7 rings (SSSR count). The molecule has 302 valence electrons. The lowest BCUT2D eigenvalue weighted by Crippen LogP contribution is -2.65. The Kier molecular flexibility index (Phi) is 11.2. The molecular formula is C41H65N5O7S. The molecule has 0 aromatic rings. The molecule has 0 spiro atoms. The highest BCUT2D eigenvalue weighted by Gasteiger charge is 2.70. The van der Waals surface area contributed by atoms with Gasteiger partial charge in [-0.15, -0.1) is 0 Å². The zero-order valence-corrected chi connectivity index (χ0v) is 33.7. The number of fused-ring (bicyclic) bond motifs is 1. The quantitative estimate of drug-likeness (QED) is 0.186. The van der Waals surface area contributed by atoms with Crippen LogP contribution in [-0.2, 0) is 29.0 Å². The van der Waals surface area contributed by atoms with Crippen LogP contribution in [0.25, 0.3) is 0 Å². The van der Waals surface area contributed by atoms with Crippen LogP contribution in [0.15, 0.2) is 0 Å². The van der Waals surface area contributed by atoms with Gasteiger partial charge in [0.15, 0.2) is 9.84 Å². The summed E-state index contributed by atoms with van der Waals surface area (Å²) in [7, 11) is -3.45. The molecule has 13 heteroatoms. The monoisotopic (exact) mass is 771 g/mol. The van der Waals surface area contributed by atoms with Crippen LogP contribution < -0.4 is 21.3 Å². The van der Waals surface area contributed by atoms with Crippen LogP contribution in [0.5, 0.6) is 0 Å². The van der Waals surface area contributed by atoms with E-state index in [0.29, 0.717) is 38.6 Å². The van der Waals surface area contributed by atoms with Gasteiger partial charge in [0.05, 0.1) is 22.6 Å². The molecule has 0 aromatic carbocycles. The number of piperidine rings is 1. The molecule has 1 heterocycles.